The van der Waals surface area contributed by atoms with Crippen LogP contribution < -0.4 is 0 Å². The number of unbranched alkanes of at least 4 members (excludes halogenated alkanes) is 8. The van der Waals surface area contributed by atoms with Gasteiger partial charge in [-0.15, -0.1) is 0 Å². The Balaban J connectivity index is 0. The van der Waals surface area contributed by atoms with Gasteiger partial charge in [-0.3, -0.25) is 0 Å². The van der Waals surface area contributed by atoms with E-state index in [0.717, 1.165) is 93.5 Å². The average molecular weight is 1300 g/mol. The summed E-state index contributed by atoms with van der Waals surface area (Å²) in [6.07, 6.45) is 40.2. The fraction of sp³-hybridized carbons (Fsp3) is 0.797. The molecule has 0 atom stereocenters. The molecule has 11 nitrogen and oxygen atoms in total. The van der Waals surface area contributed by atoms with Gasteiger partial charge in [0.05, 0.1) is 0 Å². The molecule has 0 aromatic carbocycles. The van der Waals surface area contributed by atoms with Gasteiger partial charge in [-0.2, -0.15) is 0 Å². The maximum atomic E-state index is 12.7. The van der Waals surface area contributed by atoms with Crippen LogP contribution in [0.2, 0.25) is 37.2 Å². The summed E-state index contributed by atoms with van der Waals surface area (Å²) in [5.41, 5.74) is 0. The minimum atomic E-state index is -0.222. The number of ether oxygens (including phenoxy) is 4. The van der Waals surface area contributed by atoms with Crippen molar-refractivity contribution in [3.05, 3.63) is 48.6 Å². The number of hydrogen-bond donors (Lipinski definition) is 0. The van der Waals surface area contributed by atoms with Crippen LogP contribution in [0.5, 0.6) is 0 Å². The zero-order valence-corrected chi connectivity index (χ0v) is 54.7. The first kappa shape index (κ1) is 74.9. The van der Waals surface area contributed by atoms with E-state index in [1.54, 1.807) is 0 Å². The molecule has 0 N–H and O–H groups in total. The molecule has 0 rings (SSSR count). The summed E-state index contributed by atoms with van der Waals surface area (Å²) in [6, 6.07) is 0. The first-order valence-corrected chi connectivity index (χ1v) is 37.3. The van der Waals surface area contributed by atoms with E-state index < -0.39 is 0 Å². The molecule has 0 saturated heterocycles. The van der Waals surface area contributed by atoms with Gasteiger partial charge < -0.3 is 0 Å². The molecule has 0 aliphatic carbocycles. The van der Waals surface area contributed by atoms with Crippen LogP contribution in [-0.4, -0.2) is 185 Å². The molecule has 0 fully saturated rings. The molecule has 0 aliphatic heterocycles. The van der Waals surface area contributed by atoms with Gasteiger partial charge in [0.25, 0.3) is 0 Å². The van der Waals surface area contributed by atoms with E-state index in [-0.39, 0.29) is 30.3 Å². The van der Waals surface area contributed by atoms with Gasteiger partial charge in [-0.1, -0.05) is 38.8 Å². The molecular formula is C59H108N3O8Se4. The number of carbonyl (C=O) groups excluding carboxylic acids is 4. The van der Waals surface area contributed by atoms with E-state index in [1.165, 1.54) is 80.2 Å². The molecule has 0 aromatic rings. The van der Waals surface area contributed by atoms with Crippen LogP contribution in [0, 0.1) is 0 Å². The second-order valence-corrected chi connectivity index (χ2v) is 26.8. The molecule has 0 aliphatic rings. The van der Waals surface area contributed by atoms with Crippen molar-refractivity contribution in [1.29, 1.82) is 0 Å². The van der Waals surface area contributed by atoms with Crippen molar-refractivity contribution in [2.45, 2.75) is 213 Å². The van der Waals surface area contributed by atoms with Crippen molar-refractivity contribution in [3.8, 4) is 0 Å². The summed E-state index contributed by atoms with van der Waals surface area (Å²) < 4.78 is 22.1. The molecule has 15 heteroatoms. The Morgan fingerprint density at radius 1 is 0.378 bits per heavy atom. The molecule has 431 valence electrons. The summed E-state index contributed by atoms with van der Waals surface area (Å²) in [5.74, 6) is -0.739. The second-order valence-electron chi connectivity index (χ2n) is 18.3. The Labute approximate surface area is 481 Å². The summed E-state index contributed by atoms with van der Waals surface area (Å²) in [4.78, 5) is 57.0. The van der Waals surface area contributed by atoms with E-state index in [2.05, 4.69) is 121 Å². The number of hydrogen-bond acceptors (Lipinski definition) is 11. The summed E-state index contributed by atoms with van der Waals surface area (Å²) in [5, 5.41) is 7.20. The summed E-state index contributed by atoms with van der Waals surface area (Å²) >= 11 is 4.36. The number of carbonyl (C=O) groups is 4. The van der Waals surface area contributed by atoms with Crippen molar-refractivity contribution in [2.75, 3.05) is 85.8 Å². The van der Waals surface area contributed by atoms with E-state index in [9.17, 15) is 19.2 Å². The summed E-state index contributed by atoms with van der Waals surface area (Å²) in [7, 11) is 2.11. The third kappa shape index (κ3) is 60.0. The van der Waals surface area contributed by atoms with Gasteiger partial charge in [0, 0.05) is 0 Å². The van der Waals surface area contributed by atoms with Gasteiger partial charge in [0.1, 0.15) is 0 Å². The molecule has 0 unspecified atom stereocenters. The Kier molecular flexibility index (Phi) is 63.4. The van der Waals surface area contributed by atoms with Gasteiger partial charge in [0.2, 0.25) is 0 Å². The van der Waals surface area contributed by atoms with E-state index in [0.29, 0.717) is 122 Å². The van der Waals surface area contributed by atoms with Gasteiger partial charge in [-0.05, 0) is 12.8 Å². The molecule has 74 heavy (non-hydrogen) atoms. The van der Waals surface area contributed by atoms with Gasteiger partial charge in [0.15, 0.2) is 0 Å². The van der Waals surface area contributed by atoms with Crippen molar-refractivity contribution in [2.24, 2.45) is 0 Å². The molecule has 0 bridgehead atoms. The fourth-order valence-electron chi connectivity index (χ4n) is 7.16. The van der Waals surface area contributed by atoms with Crippen LogP contribution in [0.3, 0.4) is 0 Å². The van der Waals surface area contributed by atoms with Gasteiger partial charge in [-0.25, -0.2) is 0 Å². The second kappa shape index (κ2) is 62.6. The molecular weight excluding hydrogens is 1190 g/mol. The zero-order valence-electron chi connectivity index (χ0n) is 47.9. The van der Waals surface area contributed by atoms with E-state index >= 15 is 0 Å². The zero-order chi connectivity index (χ0) is 54.6. The topological polar surface area (TPSA) is 115 Å². The molecule has 0 saturated carbocycles. The molecule has 0 amide bonds. The Morgan fingerprint density at radius 2 is 0.689 bits per heavy atom. The predicted octanol–water partition coefficient (Wildman–Crippen LogP) is 12.8. The van der Waals surface area contributed by atoms with Crippen molar-refractivity contribution < 1.29 is 38.1 Å². The normalized spacial score (nSPS) is 11.8. The van der Waals surface area contributed by atoms with Crippen molar-refractivity contribution >= 4 is 84.8 Å². The maximum absolute atomic E-state index is 12.7. The van der Waals surface area contributed by atoms with Crippen LogP contribution in [0.4, 0.5) is 0 Å². The Hall–Kier alpha value is -1.20. The Bertz CT molecular complexity index is 1340. The molecule has 0 spiro atoms. The van der Waals surface area contributed by atoms with Crippen LogP contribution in [0.25, 0.3) is 0 Å². The standard InChI is InChI=1S/C51H92N3O8Se4.C8H16/c1-5-8-11-14-17-20-42-64-45-38-60-49(56)26-34-53(33-25-48(55)59-37-41-63)31-23-29-52(4)30-24-32-54(35-27-50(57)61-39-46-65-43-21-18-15-12-9-6-2)36-28-51(58)62-40-47-66-44-22-19-16-13-10-7-3;1-3-5-7-8-6-4-2/h8-13H,5-7,14-47H2,1-4H3;5,7H,3-4,6,8H2,1-2H3/b11-8-,12-9-,13-10-;7-5-. The van der Waals surface area contributed by atoms with Crippen molar-refractivity contribution in [1.82, 2.24) is 14.7 Å². The number of esters is 4. The van der Waals surface area contributed by atoms with Gasteiger partial charge >= 0.3 is 433 Å². The predicted molar refractivity (Wildman–Crippen MR) is 317 cm³/mol. The SMILES string of the molecule is CC/C=C\CCCC.CC/C=C\CCCC[Se]CCOC(=O)CCN(CCCN(C)CCCN(CCC(=O)OCC[Se]CCCC/C=C\CC)CCC(=O)OCC[Se]CCCC/C=C\CC)CCC(=O)OCC[Se]. The number of nitrogens with zero attached hydrogens (tertiary/aromatic N) is 3. The van der Waals surface area contributed by atoms with Crippen LogP contribution in [-0.2, 0) is 38.1 Å². The third-order valence-corrected chi connectivity index (χ3v) is 18.3. The van der Waals surface area contributed by atoms with Crippen LogP contribution >= 0.6 is 0 Å². The van der Waals surface area contributed by atoms with E-state index in [4.69, 9.17) is 18.9 Å². The third-order valence-electron chi connectivity index (χ3n) is 11.4. The van der Waals surface area contributed by atoms with Crippen molar-refractivity contribution in [3.63, 3.8) is 0 Å². The summed E-state index contributed by atoms with van der Waals surface area (Å²) in [6.45, 7) is 18.2. The Morgan fingerprint density at radius 3 is 0.986 bits per heavy atom. The number of rotatable bonds is 53. The average Bonchev–Trinajstić information content (AvgIpc) is 3.39. The quantitative estimate of drug-likeness (QED) is 0.0191. The van der Waals surface area contributed by atoms with E-state index in [1.807, 2.05) is 0 Å². The molecule has 1 radical (unpaired) electrons. The monoisotopic (exact) mass is 1310 g/mol. The first-order chi connectivity index (χ1) is 36.2. The number of allylic oxidation sites excluding steroid dienone is 8. The molecule has 0 heterocycles. The fourth-order valence-corrected chi connectivity index (χ4v) is 12.5. The van der Waals surface area contributed by atoms with Crippen LogP contribution in [0.15, 0.2) is 48.6 Å². The van der Waals surface area contributed by atoms with Crippen LogP contribution in [0.1, 0.15) is 176 Å². The first-order valence-electron chi connectivity index (χ1n) is 28.8. The molecule has 0 aromatic heterocycles. The minimum absolute atomic E-state index is 0.170.